The molecule has 0 N–H and O–H groups in total. The highest BCUT2D eigenvalue weighted by atomic mass is 32.2. The highest BCUT2D eigenvalue weighted by molar-refractivity contribution is 8.25. The summed E-state index contributed by atoms with van der Waals surface area (Å²) in [5.41, 5.74) is 0. The number of thiocarbonyl (C=S) groups is 1. The first-order chi connectivity index (χ1) is 3.83. The van der Waals surface area contributed by atoms with Crippen LogP contribution in [0, 0.1) is 0 Å². The van der Waals surface area contributed by atoms with Gasteiger partial charge in [-0.05, 0) is 11.3 Å². The molecule has 44 valence electrons. The van der Waals surface area contributed by atoms with Crippen molar-refractivity contribution in [2.24, 2.45) is 0 Å². The third kappa shape index (κ3) is 1.33. The highest BCUT2D eigenvalue weighted by Gasteiger charge is 2.06. The Kier molecular flexibility index (Phi) is 2.08. The van der Waals surface area contributed by atoms with Gasteiger partial charge in [-0.15, -0.1) is 0 Å². The first-order valence-electron chi connectivity index (χ1n) is 2.72. The van der Waals surface area contributed by atoms with Crippen LogP contribution in [0.3, 0.4) is 0 Å². The van der Waals surface area contributed by atoms with Crippen LogP contribution in [0.4, 0.5) is 0 Å². The van der Waals surface area contributed by atoms with Gasteiger partial charge in [-0.3, -0.25) is 0 Å². The van der Waals surface area contributed by atoms with Crippen molar-refractivity contribution in [3.63, 3.8) is 0 Å². The third-order valence-electron chi connectivity index (χ3n) is 1.09. The topological polar surface area (TPSA) is 0 Å². The van der Waals surface area contributed by atoms with Gasteiger partial charge >= 0.3 is 0 Å². The Balaban J connectivity index is 2.49. The second-order valence-electron chi connectivity index (χ2n) is 1.70. The molecule has 1 aliphatic heterocycles. The van der Waals surface area contributed by atoms with Gasteiger partial charge in [0.2, 0.25) is 0 Å². The highest BCUT2D eigenvalue weighted by Crippen LogP contribution is 2.29. The molecule has 0 bridgehead atoms. The predicted molar refractivity (Wildman–Crippen MR) is 43.2 cm³/mol. The van der Waals surface area contributed by atoms with Crippen LogP contribution < -0.4 is 0 Å². The largest absolute Gasteiger partial charge is 0.0872 e. The van der Waals surface area contributed by atoms with E-state index in [0.29, 0.717) is 0 Å². The first-order valence-corrected chi connectivity index (χ1v) is 3.95. The Morgan fingerprint density at radius 2 is 2.62 bits per heavy atom. The van der Waals surface area contributed by atoms with Gasteiger partial charge in [0.25, 0.3) is 0 Å². The molecule has 0 spiro atoms. The monoisotopic (exact) mass is 144 g/mol. The maximum atomic E-state index is 4.97. The van der Waals surface area contributed by atoms with Crippen molar-refractivity contribution in [3.05, 3.63) is 11.0 Å². The van der Waals surface area contributed by atoms with Gasteiger partial charge in [0.1, 0.15) is 0 Å². The fourth-order valence-corrected chi connectivity index (χ4v) is 1.82. The van der Waals surface area contributed by atoms with Crippen LogP contribution in [0.25, 0.3) is 0 Å². The van der Waals surface area contributed by atoms with E-state index < -0.39 is 0 Å². The zero-order valence-electron chi connectivity index (χ0n) is 4.81. The van der Waals surface area contributed by atoms with Gasteiger partial charge in [-0.1, -0.05) is 37.0 Å². The minimum Gasteiger partial charge on any atom is -0.0872 e. The van der Waals surface area contributed by atoms with Crippen molar-refractivity contribution in [1.29, 1.82) is 0 Å². The summed E-state index contributed by atoms with van der Waals surface area (Å²) in [7, 11) is 0. The van der Waals surface area contributed by atoms with Gasteiger partial charge in [0, 0.05) is 6.42 Å². The number of thioether (sulfide) groups is 1. The molecule has 0 aromatic heterocycles. The van der Waals surface area contributed by atoms with E-state index in [2.05, 4.69) is 13.0 Å². The SMILES string of the molecule is CCC1=CCC(=S)S1. The molecule has 0 saturated carbocycles. The quantitative estimate of drug-likeness (QED) is 0.519. The van der Waals surface area contributed by atoms with Crippen LogP contribution in [0.5, 0.6) is 0 Å². The summed E-state index contributed by atoms with van der Waals surface area (Å²) in [6.07, 6.45) is 4.38. The lowest BCUT2D eigenvalue weighted by Crippen LogP contribution is -1.72. The summed E-state index contributed by atoms with van der Waals surface area (Å²) in [5, 5.41) is 0. The van der Waals surface area contributed by atoms with E-state index in [0.717, 1.165) is 17.0 Å². The van der Waals surface area contributed by atoms with E-state index in [9.17, 15) is 0 Å². The van der Waals surface area contributed by atoms with Gasteiger partial charge in [0.05, 0.1) is 4.20 Å². The van der Waals surface area contributed by atoms with E-state index in [1.165, 1.54) is 4.91 Å². The second kappa shape index (κ2) is 2.65. The van der Waals surface area contributed by atoms with Crippen molar-refractivity contribution in [2.45, 2.75) is 19.8 Å². The van der Waals surface area contributed by atoms with E-state index in [4.69, 9.17) is 12.2 Å². The van der Waals surface area contributed by atoms with Gasteiger partial charge in [-0.2, -0.15) is 0 Å². The average molecular weight is 144 g/mol. The first kappa shape index (κ1) is 6.30. The van der Waals surface area contributed by atoms with Crippen molar-refractivity contribution >= 4 is 28.2 Å². The lowest BCUT2D eigenvalue weighted by atomic mass is 10.4. The number of allylic oxidation sites excluding steroid dienone is 2. The molecule has 0 amide bonds. The molecule has 0 atom stereocenters. The zero-order valence-corrected chi connectivity index (χ0v) is 6.44. The molecule has 1 rings (SSSR count). The molecule has 2 heteroatoms. The smallest absolute Gasteiger partial charge is 0.0561 e. The Bertz CT molecular complexity index is 135. The molecule has 0 radical (unpaired) electrons. The molecule has 0 aliphatic carbocycles. The summed E-state index contributed by atoms with van der Waals surface area (Å²) in [5.74, 6) is 0. The van der Waals surface area contributed by atoms with E-state index in [1.807, 2.05) is 0 Å². The molecule has 0 nitrogen and oxygen atoms in total. The number of hydrogen-bond donors (Lipinski definition) is 0. The van der Waals surface area contributed by atoms with Crippen LogP contribution in [-0.2, 0) is 0 Å². The third-order valence-corrected chi connectivity index (χ3v) is 2.62. The summed E-state index contributed by atoms with van der Waals surface area (Å²) in [4.78, 5) is 1.44. The Labute approximate surface area is 59.4 Å². The number of hydrogen-bond acceptors (Lipinski definition) is 2. The van der Waals surface area contributed by atoms with Gasteiger partial charge in [-0.25, -0.2) is 0 Å². The Hall–Kier alpha value is 0.180. The molecular weight excluding hydrogens is 136 g/mol. The van der Waals surface area contributed by atoms with Gasteiger partial charge < -0.3 is 0 Å². The predicted octanol–water partition coefficient (Wildman–Crippen LogP) is 2.74. The Morgan fingerprint density at radius 3 is 2.88 bits per heavy atom. The molecular formula is C6H8S2. The van der Waals surface area contributed by atoms with Crippen molar-refractivity contribution < 1.29 is 0 Å². The molecule has 1 heterocycles. The minimum atomic E-state index is 1.02. The Morgan fingerprint density at radius 1 is 1.88 bits per heavy atom. The molecule has 8 heavy (non-hydrogen) atoms. The minimum absolute atomic E-state index is 1.02. The maximum Gasteiger partial charge on any atom is 0.0561 e. The summed E-state index contributed by atoms with van der Waals surface area (Å²) < 4.78 is 1.13. The second-order valence-corrected chi connectivity index (χ2v) is 3.67. The summed E-state index contributed by atoms with van der Waals surface area (Å²) >= 11 is 6.73. The molecule has 0 fully saturated rings. The molecule has 0 unspecified atom stereocenters. The molecule has 0 aromatic carbocycles. The van der Waals surface area contributed by atoms with Crippen LogP contribution in [-0.4, -0.2) is 4.20 Å². The molecule has 0 saturated heterocycles. The normalized spacial score (nSPS) is 19.1. The van der Waals surface area contributed by atoms with Crippen LogP contribution >= 0.6 is 24.0 Å². The van der Waals surface area contributed by atoms with Crippen LogP contribution in [0.1, 0.15) is 19.8 Å². The van der Waals surface area contributed by atoms with Gasteiger partial charge in [0.15, 0.2) is 0 Å². The lowest BCUT2D eigenvalue weighted by Gasteiger charge is -1.89. The average Bonchev–Trinajstić information content (AvgIpc) is 2.14. The van der Waals surface area contributed by atoms with E-state index in [1.54, 1.807) is 11.8 Å². The fraction of sp³-hybridized carbons (Fsp3) is 0.500. The standard InChI is InChI=1S/C6H8S2/c1-2-5-3-4-6(7)8-5/h3H,2,4H2,1H3. The van der Waals surface area contributed by atoms with Crippen molar-refractivity contribution in [3.8, 4) is 0 Å². The summed E-state index contributed by atoms with van der Waals surface area (Å²) in [6, 6.07) is 0. The van der Waals surface area contributed by atoms with Crippen LogP contribution in [0.2, 0.25) is 0 Å². The van der Waals surface area contributed by atoms with Crippen molar-refractivity contribution in [2.75, 3.05) is 0 Å². The molecule has 1 aliphatic rings. The van der Waals surface area contributed by atoms with E-state index >= 15 is 0 Å². The zero-order chi connectivity index (χ0) is 5.98. The molecule has 0 aromatic rings. The fourth-order valence-electron chi connectivity index (χ4n) is 0.643. The maximum absolute atomic E-state index is 4.97. The van der Waals surface area contributed by atoms with Crippen LogP contribution in [0.15, 0.2) is 11.0 Å². The van der Waals surface area contributed by atoms with Crippen molar-refractivity contribution in [1.82, 2.24) is 0 Å². The van der Waals surface area contributed by atoms with E-state index in [-0.39, 0.29) is 0 Å². The lowest BCUT2D eigenvalue weighted by molar-refractivity contribution is 1.19. The number of rotatable bonds is 1. The summed E-state index contributed by atoms with van der Waals surface area (Å²) in [6.45, 7) is 2.16.